The molecule has 0 aliphatic carbocycles. The van der Waals surface area contributed by atoms with Crippen molar-refractivity contribution in [3.05, 3.63) is 0 Å². The van der Waals surface area contributed by atoms with Crippen LogP contribution in [0.3, 0.4) is 0 Å². The summed E-state index contributed by atoms with van der Waals surface area (Å²) < 4.78 is 0. The summed E-state index contributed by atoms with van der Waals surface area (Å²) in [5.74, 6) is -1.44. The van der Waals surface area contributed by atoms with E-state index in [1.807, 2.05) is 0 Å². The predicted octanol–water partition coefficient (Wildman–Crippen LogP) is -1.89. The van der Waals surface area contributed by atoms with Gasteiger partial charge in [-0.25, -0.2) is 0 Å². The number of aliphatic hydroxyl groups is 1. The Bertz CT molecular complexity index is 65.5. The number of carbonyl (C=O) groups is 1. The molecule has 5 N–H and O–H groups in total. The van der Waals surface area contributed by atoms with Crippen LogP contribution in [0.5, 0.6) is 0 Å². The molecule has 4 nitrogen and oxygen atoms in total. The third-order valence-corrected chi connectivity index (χ3v) is 0.341. The summed E-state index contributed by atoms with van der Waals surface area (Å²) in [7, 11) is 0. The quantitative estimate of drug-likeness (QED) is 0.511. The van der Waals surface area contributed by atoms with Gasteiger partial charge in [-0.3, -0.25) is 0 Å². The largest absolute Gasteiger partial charge is 0.547 e. The molecule has 0 aliphatic rings. The van der Waals surface area contributed by atoms with Gasteiger partial charge in [-0.1, -0.05) is 0 Å². The standard InChI is InChI=1S/C3H6O3.H3N.Sn/c1-2(4)3(5)6;;/h2,4H,1H3,(H,5,6);1H3;. The van der Waals surface area contributed by atoms with Crippen LogP contribution < -0.4 is 11.3 Å². The first kappa shape index (κ1) is 15.7. The number of aliphatic hydroxyl groups excluding tert-OH is 1. The second kappa shape index (κ2) is 7.19. The van der Waals surface area contributed by atoms with Gasteiger partial charge in [0.25, 0.3) is 0 Å². The molecule has 0 amide bonds. The van der Waals surface area contributed by atoms with Gasteiger partial charge < -0.3 is 21.2 Å². The van der Waals surface area contributed by atoms with Crippen molar-refractivity contribution < 1.29 is 15.0 Å². The van der Waals surface area contributed by atoms with Gasteiger partial charge in [-0.2, -0.15) is 0 Å². The van der Waals surface area contributed by atoms with E-state index in [9.17, 15) is 9.90 Å². The van der Waals surface area contributed by atoms with Gasteiger partial charge >= 0.3 is 0 Å². The molecule has 0 aromatic heterocycles. The Morgan fingerprint density at radius 1 is 1.75 bits per heavy atom. The Morgan fingerprint density at radius 2 is 1.88 bits per heavy atom. The van der Waals surface area contributed by atoms with Crippen LogP contribution in [-0.2, 0) is 4.79 Å². The molecule has 0 aromatic rings. The van der Waals surface area contributed by atoms with Crippen molar-refractivity contribution in [2.45, 2.75) is 13.0 Å². The summed E-state index contributed by atoms with van der Waals surface area (Å²) in [4.78, 5) is 9.34. The molecule has 1 unspecified atom stereocenters. The molecular formula is C3H9NO3Sn. The number of hydrogen-bond acceptors (Lipinski definition) is 3. The van der Waals surface area contributed by atoms with Gasteiger partial charge in [-0.15, -0.1) is 0 Å². The van der Waals surface area contributed by atoms with E-state index in [0.717, 1.165) is 6.92 Å². The van der Waals surface area contributed by atoms with E-state index in [0.29, 0.717) is 0 Å². The van der Waals surface area contributed by atoms with Gasteiger partial charge in [0.05, 0.1) is 12.1 Å². The van der Waals surface area contributed by atoms with Crippen LogP contribution in [0.15, 0.2) is 0 Å². The van der Waals surface area contributed by atoms with Crippen LogP contribution in [0, 0.1) is 0 Å². The molecule has 0 rings (SSSR count). The van der Waals surface area contributed by atoms with Crippen molar-refractivity contribution in [2.75, 3.05) is 0 Å². The van der Waals surface area contributed by atoms with Gasteiger partial charge in [0.2, 0.25) is 0 Å². The molecule has 0 heterocycles. The average Bonchev–Trinajstić information content (AvgIpc) is 1.36. The fraction of sp³-hybridized carbons (Fsp3) is 0.667. The predicted molar refractivity (Wildman–Crippen MR) is 28.4 cm³/mol. The van der Waals surface area contributed by atoms with Crippen molar-refractivity contribution in [3.8, 4) is 0 Å². The molecule has 5 heteroatoms. The van der Waals surface area contributed by atoms with E-state index < -0.39 is 12.1 Å². The SMILES string of the molecule is CC(O)C(=O)[O-].[NH4+].[Sn]. The molecule has 0 aromatic carbocycles. The van der Waals surface area contributed by atoms with Crippen molar-refractivity contribution in [1.82, 2.24) is 6.15 Å². The maximum atomic E-state index is 9.34. The first-order chi connectivity index (χ1) is 2.64. The van der Waals surface area contributed by atoms with Crippen LogP contribution in [0.25, 0.3) is 0 Å². The first-order valence-electron chi connectivity index (χ1n) is 1.53. The van der Waals surface area contributed by atoms with E-state index in [1.54, 1.807) is 0 Å². The first-order valence-corrected chi connectivity index (χ1v) is 1.53. The molecule has 0 aliphatic heterocycles. The Hall–Kier alpha value is 0.189. The van der Waals surface area contributed by atoms with E-state index in [2.05, 4.69) is 0 Å². The summed E-state index contributed by atoms with van der Waals surface area (Å²) in [6.45, 7) is 1.13. The summed E-state index contributed by atoms with van der Waals surface area (Å²) in [6.07, 6.45) is -1.34. The molecule has 0 fully saturated rings. The van der Waals surface area contributed by atoms with Crippen LogP contribution in [0.1, 0.15) is 6.92 Å². The third-order valence-electron chi connectivity index (χ3n) is 0.341. The molecule has 48 valence electrons. The van der Waals surface area contributed by atoms with Crippen molar-refractivity contribution in [2.24, 2.45) is 0 Å². The minimum atomic E-state index is -1.44. The van der Waals surface area contributed by atoms with Crippen LogP contribution in [0.2, 0.25) is 0 Å². The molecular weight excluding hydrogens is 217 g/mol. The zero-order valence-electron chi connectivity index (χ0n) is 4.84. The second-order valence-corrected chi connectivity index (χ2v) is 0.995. The van der Waals surface area contributed by atoms with Crippen LogP contribution >= 0.6 is 0 Å². The fourth-order valence-corrected chi connectivity index (χ4v) is 0. The zero-order valence-corrected chi connectivity index (χ0v) is 7.70. The van der Waals surface area contributed by atoms with E-state index in [4.69, 9.17) is 5.11 Å². The van der Waals surface area contributed by atoms with Gasteiger partial charge in [0, 0.05) is 23.9 Å². The number of carbonyl (C=O) groups excluding carboxylic acids is 1. The van der Waals surface area contributed by atoms with Crippen molar-refractivity contribution in [1.29, 1.82) is 0 Å². The summed E-state index contributed by atoms with van der Waals surface area (Å²) in [6, 6.07) is 0. The number of aliphatic carboxylic acids is 1. The molecule has 1 atom stereocenters. The number of hydrogen-bond donors (Lipinski definition) is 2. The van der Waals surface area contributed by atoms with Crippen LogP contribution in [-0.4, -0.2) is 41.1 Å². The summed E-state index contributed by atoms with van der Waals surface area (Å²) in [5, 5.41) is 17.3. The third kappa shape index (κ3) is 9.50. The smallest absolute Gasteiger partial charge is 0.0905 e. The maximum absolute atomic E-state index is 9.34. The van der Waals surface area contributed by atoms with E-state index >= 15 is 0 Å². The topological polar surface area (TPSA) is 96.9 Å². The Labute approximate surface area is 64.4 Å². The summed E-state index contributed by atoms with van der Waals surface area (Å²) >= 11 is 0. The monoisotopic (exact) mass is 227 g/mol. The Morgan fingerprint density at radius 3 is 1.88 bits per heavy atom. The van der Waals surface area contributed by atoms with Crippen molar-refractivity contribution >= 4 is 29.9 Å². The molecule has 0 saturated heterocycles. The second-order valence-electron chi connectivity index (χ2n) is 0.995. The number of quaternary nitrogens is 1. The van der Waals surface area contributed by atoms with Gasteiger partial charge in [-0.05, 0) is 6.92 Å². The number of carboxylic acid groups (broad SMARTS) is 1. The van der Waals surface area contributed by atoms with Gasteiger partial charge in [0.1, 0.15) is 0 Å². The van der Waals surface area contributed by atoms with Gasteiger partial charge in [0.15, 0.2) is 0 Å². The minimum absolute atomic E-state index is 0. The van der Waals surface area contributed by atoms with E-state index in [1.165, 1.54) is 0 Å². The maximum Gasteiger partial charge on any atom is 0.0905 e. The van der Waals surface area contributed by atoms with Crippen LogP contribution in [0.4, 0.5) is 0 Å². The average molecular weight is 226 g/mol. The Balaban J connectivity index is -0.000000125. The normalized spacial score (nSPS) is 10.2. The van der Waals surface area contributed by atoms with E-state index in [-0.39, 0.29) is 30.1 Å². The molecule has 0 bridgehead atoms. The zero-order chi connectivity index (χ0) is 5.15. The fourth-order valence-electron chi connectivity index (χ4n) is 0. The number of carboxylic acids is 1. The Kier molecular flexibility index (Phi) is 14.1. The molecule has 0 spiro atoms. The van der Waals surface area contributed by atoms with Crippen molar-refractivity contribution in [3.63, 3.8) is 0 Å². The number of rotatable bonds is 1. The summed E-state index contributed by atoms with van der Waals surface area (Å²) in [5.41, 5.74) is 0. The molecule has 0 saturated carbocycles. The minimum Gasteiger partial charge on any atom is -0.547 e. The molecule has 4 radical (unpaired) electrons. The molecule has 8 heavy (non-hydrogen) atoms.